The molecule has 108 valence electrons. The first-order valence-electron chi connectivity index (χ1n) is 6.78. The molecule has 2 aromatic heterocycles. The van der Waals surface area contributed by atoms with E-state index in [1.165, 1.54) is 0 Å². The van der Waals surface area contributed by atoms with Crippen molar-refractivity contribution in [2.45, 2.75) is 39.3 Å². The summed E-state index contributed by atoms with van der Waals surface area (Å²) in [6.45, 7) is 5.52. The van der Waals surface area contributed by atoms with Gasteiger partial charge in [-0.05, 0) is 26.3 Å². The Labute approximate surface area is 122 Å². The van der Waals surface area contributed by atoms with E-state index in [1.54, 1.807) is 11.6 Å². The molecule has 1 atom stereocenters. The maximum absolute atomic E-state index is 6.39. The molecule has 1 saturated heterocycles. The monoisotopic (exact) mass is 295 g/mol. The average Bonchev–Trinajstić information content (AvgIpc) is 3.05. The van der Waals surface area contributed by atoms with Gasteiger partial charge in [0.2, 0.25) is 5.89 Å². The van der Waals surface area contributed by atoms with Gasteiger partial charge in [0.25, 0.3) is 0 Å². The van der Waals surface area contributed by atoms with Crippen molar-refractivity contribution in [1.29, 1.82) is 0 Å². The number of likely N-dealkylation sites (tertiary alicyclic amines) is 1. The van der Waals surface area contributed by atoms with Gasteiger partial charge in [0.05, 0.1) is 12.2 Å². The van der Waals surface area contributed by atoms with Crippen LogP contribution in [-0.4, -0.2) is 31.4 Å². The summed E-state index contributed by atoms with van der Waals surface area (Å²) >= 11 is 6.39. The first-order valence-corrected chi connectivity index (χ1v) is 7.16. The summed E-state index contributed by atoms with van der Waals surface area (Å²) in [6.07, 6.45) is 2.23. The van der Waals surface area contributed by atoms with Crippen molar-refractivity contribution < 1.29 is 4.52 Å². The fraction of sp³-hybridized carbons (Fsp3) is 0.615. The molecule has 0 saturated carbocycles. The molecule has 2 aromatic rings. The Hall–Kier alpha value is -1.40. The van der Waals surface area contributed by atoms with Gasteiger partial charge in [0, 0.05) is 25.6 Å². The molecule has 0 unspecified atom stereocenters. The van der Waals surface area contributed by atoms with E-state index in [0.29, 0.717) is 12.4 Å². The Morgan fingerprint density at radius 3 is 2.80 bits per heavy atom. The van der Waals surface area contributed by atoms with E-state index >= 15 is 0 Å². The van der Waals surface area contributed by atoms with Crippen LogP contribution in [0.2, 0.25) is 5.15 Å². The predicted octanol–water partition coefficient (Wildman–Crippen LogP) is 2.41. The van der Waals surface area contributed by atoms with Crippen molar-refractivity contribution in [3.05, 3.63) is 28.1 Å². The lowest BCUT2D eigenvalue weighted by atomic mass is 10.1. The number of hydrogen-bond acceptors (Lipinski definition) is 5. The van der Waals surface area contributed by atoms with Gasteiger partial charge >= 0.3 is 0 Å². The van der Waals surface area contributed by atoms with E-state index in [2.05, 4.69) is 20.1 Å². The lowest BCUT2D eigenvalue weighted by Crippen LogP contribution is -2.24. The van der Waals surface area contributed by atoms with Crippen LogP contribution in [0.3, 0.4) is 0 Å². The van der Waals surface area contributed by atoms with Crippen LogP contribution in [0.15, 0.2) is 4.52 Å². The summed E-state index contributed by atoms with van der Waals surface area (Å²) in [5, 5.41) is 9.11. The Morgan fingerprint density at radius 1 is 1.40 bits per heavy atom. The van der Waals surface area contributed by atoms with Crippen LogP contribution in [0.4, 0.5) is 0 Å². The molecule has 1 aliphatic heterocycles. The van der Waals surface area contributed by atoms with Crippen LogP contribution in [-0.2, 0) is 13.6 Å². The van der Waals surface area contributed by atoms with E-state index in [-0.39, 0.29) is 6.04 Å². The number of halogens is 1. The Bertz CT molecular complexity index is 620. The highest BCUT2D eigenvalue weighted by molar-refractivity contribution is 6.30. The molecule has 0 aromatic carbocycles. The second-order valence-corrected chi connectivity index (χ2v) is 5.63. The minimum atomic E-state index is 0.287. The lowest BCUT2D eigenvalue weighted by molar-refractivity contribution is 0.237. The molecule has 3 rings (SSSR count). The standard InChI is InChI=1S/C13H18ClN5O/c1-8-12(13(14)18(3)16-8)10-5-4-6-19(10)7-11-15-9(2)20-17-11/h10H,4-7H2,1-3H3/t10-/m0/s1. The summed E-state index contributed by atoms with van der Waals surface area (Å²) in [5.41, 5.74) is 2.13. The van der Waals surface area contributed by atoms with Crippen molar-refractivity contribution in [2.24, 2.45) is 7.05 Å². The molecule has 1 aliphatic rings. The maximum Gasteiger partial charge on any atom is 0.223 e. The van der Waals surface area contributed by atoms with Crippen molar-refractivity contribution in [1.82, 2.24) is 24.8 Å². The highest BCUT2D eigenvalue weighted by Crippen LogP contribution is 2.37. The molecule has 3 heterocycles. The number of aryl methyl sites for hydroxylation is 3. The first-order chi connectivity index (χ1) is 9.56. The van der Waals surface area contributed by atoms with E-state index in [1.807, 2.05) is 14.0 Å². The Morgan fingerprint density at radius 2 is 2.20 bits per heavy atom. The summed E-state index contributed by atoms with van der Waals surface area (Å²) in [5.74, 6) is 1.33. The van der Waals surface area contributed by atoms with Crippen molar-refractivity contribution in [3.63, 3.8) is 0 Å². The summed E-state index contributed by atoms with van der Waals surface area (Å²) in [7, 11) is 1.88. The normalized spacial score (nSPS) is 19.9. The number of aromatic nitrogens is 4. The minimum absolute atomic E-state index is 0.287. The fourth-order valence-corrected chi connectivity index (χ4v) is 3.25. The largest absolute Gasteiger partial charge is 0.340 e. The van der Waals surface area contributed by atoms with Gasteiger partial charge in [-0.3, -0.25) is 9.58 Å². The zero-order valence-corrected chi connectivity index (χ0v) is 12.7. The molecule has 7 heteroatoms. The van der Waals surface area contributed by atoms with Crippen LogP contribution in [0, 0.1) is 13.8 Å². The molecule has 0 amide bonds. The summed E-state index contributed by atoms with van der Waals surface area (Å²) in [6, 6.07) is 0.287. The van der Waals surface area contributed by atoms with Crippen molar-refractivity contribution >= 4 is 11.6 Å². The van der Waals surface area contributed by atoms with Crippen LogP contribution in [0.5, 0.6) is 0 Å². The van der Waals surface area contributed by atoms with Gasteiger partial charge in [0.15, 0.2) is 5.82 Å². The maximum atomic E-state index is 6.39. The second kappa shape index (κ2) is 5.18. The quantitative estimate of drug-likeness (QED) is 0.870. The number of rotatable bonds is 3. The molecular weight excluding hydrogens is 278 g/mol. The van der Waals surface area contributed by atoms with Gasteiger partial charge < -0.3 is 4.52 Å². The third-order valence-electron chi connectivity index (χ3n) is 3.81. The molecular formula is C13H18ClN5O. The molecule has 1 fully saturated rings. The van der Waals surface area contributed by atoms with Gasteiger partial charge in [-0.2, -0.15) is 10.1 Å². The van der Waals surface area contributed by atoms with Gasteiger partial charge in [-0.1, -0.05) is 16.8 Å². The van der Waals surface area contributed by atoms with Gasteiger partial charge in [-0.25, -0.2) is 0 Å². The smallest absolute Gasteiger partial charge is 0.223 e. The summed E-state index contributed by atoms with van der Waals surface area (Å²) in [4.78, 5) is 6.63. The summed E-state index contributed by atoms with van der Waals surface area (Å²) < 4.78 is 6.77. The molecule has 0 N–H and O–H groups in total. The number of nitrogens with zero attached hydrogens (tertiary/aromatic N) is 5. The molecule has 6 nitrogen and oxygen atoms in total. The highest BCUT2D eigenvalue weighted by Gasteiger charge is 2.31. The van der Waals surface area contributed by atoms with Crippen LogP contribution < -0.4 is 0 Å². The van der Waals surface area contributed by atoms with Crippen molar-refractivity contribution in [3.8, 4) is 0 Å². The zero-order chi connectivity index (χ0) is 14.3. The van der Waals surface area contributed by atoms with Gasteiger partial charge in [-0.15, -0.1) is 0 Å². The van der Waals surface area contributed by atoms with E-state index in [4.69, 9.17) is 16.1 Å². The minimum Gasteiger partial charge on any atom is -0.340 e. The molecule has 20 heavy (non-hydrogen) atoms. The fourth-order valence-electron chi connectivity index (χ4n) is 2.95. The van der Waals surface area contributed by atoms with Crippen molar-refractivity contribution in [2.75, 3.05) is 6.54 Å². The number of hydrogen-bond donors (Lipinski definition) is 0. The van der Waals surface area contributed by atoms with Crippen LogP contribution >= 0.6 is 11.6 Å². The molecule has 0 bridgehead atoms. The third-order valence-corrected chi connectivity index (χ3v) is 4.26. The van der Waals surface area contributed by atoms with Crippen LogP contribution in [0.25, 0.3) is 0 Å². The zero-order valence-electron chi connectivity index (χ0n) is 11.9. The predicted molar refractivity (Wildman–Crippen MR) is 74.4 cm³/mol. The third kappa shape index (κ3) is 2.33. The lowest BCUT2D eigenvalue weighted by Gasteiger charge is -2.23. The van der Waals surface area contributed by atoms with E-state index in [0.717, 1.165) is 41.6 Å². The van der Waals surface area contributed by atoms with E-state index in [9.17, 15) is 0 Å². The molecule has 0 aliphatic carbocycles. The Kier molecular flexibility index (Phi) is 3.52. The molecule has 0 radical (unpaired) electrons. The van der Waals surface area contributed by atoms with E-state index < -0.39 is 0 Å². The Balaban J connectivity index is 1.85. The second-order valence-electron chi connectivity index (χ2n) is 5.27. The van der Waals surface area contributed by atoms with Gasteiger partial charge in [0.1, 0.15) is 5.15 Å². The SMILES string of the molecule is Cc1nc(CN2CCC[C@H]2c2c(C)nn(C)c2Cl)no1. The van der Waals surface area contributed by atoms with Crippen LogP contribution in [0.1, 0.15) is 41.9 Å². The average molecular weight is 296 g/mol. The molecule has 0 spiro atoms. The topological polar surface area (TPSA) is 60.0 Å². The first kappa shape index (κ1) is 13.6. The highest BCUT2D eigenvalue weighted by atomic mass is 35.5.